The Bertz CT molecular complexity index is 532. The van der Waals surface area contributed by atoms with Crippen molar-refractivity contribution in [1.29, 1.82) is 0 Å². The summed E-state index contributed by atoms with van der Waals surface area (Å²) in [6.45, 7) is 0. The molecule has 6 heteroatoms. The third-order valence-electron chi connectivity index (χ3n) is 2.40. The van der Waals surface area contributed by atoms with Gasteiger partial charge in [0.25, 0.3) is 0 Å². The molecule has 2 rings (SSSR count). The zero-order valence-electron chi connectivity index (χ0n) is 8.99. The van der Waals surface area contributed by atoms with E-state index in [4.69, 9.17) is 7.85 Å². The third kappa shape index (κ3) is 2.07. The van der Waals surface area contributed by atoms with Crippen molar-refractivity contribution < 1.29 is 13.2 Å². The molecule has 17 heavy (non-hydrogen) atoms. The van der Waals surface area contributed by atoms with Crippen molar-refractivity contribution in [2.45, 2.75) is 6.18 Å². The molecule has 1 heterocycles. The molecule has 0 aliphatic heterocycles. The molecule has 0 bridgehead atoms. The second-order valence-electron chi connectivity index (χ2n) is 3.60. The van der Waals surface area contributed by atoms with Gasteiger partial charge in [0.15, 0.2) is 5.69 Å². The summed E-state index contributed by atoms with van der Waals surface area (Å²) in [7, 11) is 6.96. The second kappa shape index (κ2) is 3.94. The van der Waals surface area contributed by atoms with Gasteiger partial charge in [-0.05, 0) is 11.0 Å². The molecular formula is C11H8BF3N2. The Labute approximate surface area is 97.5 Å². The first-order valence-corrected chi connectivity index (χ1v) is 4.86. The third-order valence-corrected chi connectivity index (χ3v) is 2.40. The zero-order valence-corrected chi connectivity index (χ0v) is 8.99. The van der Waals surface area contributed by atoms with Gasteiger partial charge in [-0.15, -0.1) is 0 Å². The molecule has 0 fully saturated rings. The summed E-state index contributed by atoms with van der Waals surface area (Å²) in [5.74, 6) is 0. The normalized spacial score (nSPS) is 11.8. The SMILES string of the molecule is [B]c1c(C(F)(F)F)nn(C)c1-c1ccccc1. The van der Waals surface area contributed by atoms with Crippen LogP contribution in [0.25, 0.3) is 11.3 Å². The summed E-state index contributed by atoms with van der Waals surface area (Å²) in [6.07, 6.45) is -4.53. The quantitative estimate of drug-likeness (QED) is 0.691. The van der Waals surface area contributed by atoms with E-state index in [9.17, 15) is 13.2 Å². The Hall–Kier alpha value is -1.72. The number of benzene rings is 1. The van der Waals surface area contributed by atoms with Crippen LogP contribution in [0.3, 0.4) is 0 Å². The van der Waals surface area contributed by atoms with Crippen LogP contribution in [0.5, 0.6) is 0 Å². The molecular weight excluding hydrogens is 228 g/mol. The van der Waals surface area contributed by atoms with Crippen LogP contribution in [0, 0.1) is 0 Å². The summed E-state index contributed by atoms with van der Waals surface area (Å²) < 4.78 is 39.0. The van der Waals surface area contributed by atoms with Crippen LogP contribution in [0.2, 0.25) is 0 Å². The lowest BCUT2D eigenvalue weighted by Gasteiger charge is -2.04. The summed E-state index contributed by atoms with van der Waals surface area (Å²) in [5.41, 5.74) is -0.501. The van der Waals surface area contributed by atoms with E-state index in [0.717, 1.165) is 4.68 Å². The number of nitrogens with zero attached hydrogens (tertiary/aromatic N) is 2. The standard InChI is InChI=1S/C11H8BF3N2/c1-17-9(7-5-3-2-4-6-7)8(12)10(16-17)11(13,14)15/h2-6H,1H3. The van der Waals surface area contributed by atoms with Gasteiger partial charge in [-0.25, -0.2) is 0 Å². The highest BCUT2D eigenvalue weighted by atomic mass is 19.4. The molecule has 0 atom stereocenters. The summed E-state index contributed by atoms with van der Waals surface area (Å²) in [4.78, 5) is 0. The molecule has 86 valence electrons. The van der Waals surface area contributed by atoms with Crippen LogP contribution in [0.4, 0.5) is 13.2 Å². The number of hydrogen-bond donors (Lipinski definition) is 0. The van der Waals surface area contributed by atoms with Gasteiger partial charge in [0.2, 0.25) is 0 Å². The molecule has 0 aliphatic carbocycles. The fourth-order valence-electron chi connectivity index (χ4n) is 1.69. The molecule has 2 radical (unpaired) electrons. The lowest BCUT2D eigenvalue weighted by Crippen LogP contribution is -2.19. The highest BCUT2D eigenvalue weighted by Gasteiger charge is 2.37. The van der Waals surface area contributed by atoms with Crippen molar-refractivity contribution >= 4 is 13.3 Å². The van der Waals surface area contributed by atoms with E-state index < -0.39 is 11.9 Å². The Morgan fingerprint density at radius 1 is 1.18 bits per heavy atom. The van der Waals surface area contributed by atoms with Crippen molar-refractivity contribution in [2.24, 2.45) is 7.05 Å². The predicted molar refractivity (Wildman–Crippen MR) is 59.0 cm³/mol. The Morgan fingerprint density at radius 2 is 1.76 bits per heavy atom. The monoisotopic (exact) mass is 236 g/mol. The fraction of sp³-hybridized carbons (Fsp3) is 0.182. The van der Waals surface area contributed by atoms with E-state index in [0.29, 0.717) is 5.56 Å². The average molecular weight is 236 g/mol. The van der Waals surface area contributed by atoms with E-state index >= 15 is 0 Å². The maximum absolute atomic E-state index is 12.6. The molecule has 0 spiro atoms. The molecule has 0 saturated carbocycles. The number of aryl methyl sites for hydroxylation is 1. The maximum atomic E-state index is 12.6. The predicted octanol–water partition coefficient (Wildman–Crippen LogP) is 1.90. The van der Waals surface area contributed by atoms with E-state index in [1.54, 1.807) is 30.3 Å². The lowest BCUT2D eigenvalue weighted by molar-refractivity contribution is -0.140. The summed E-state index contributed by atoms with van der Waals surface area (Å²) >= 11 is 0. The van der Waals surface area contributed by atoms with Crippen LogP contribution in [-0.4, -0.2) is 17.6 Å². The van der Waals surface area contributed by atoms with Crippen molar-refractivity contribution in [1.82, 2.24) is 9.78 Å². The minimum atomic E-state index is -4.53. The number of rotatable bonds is 1. The Balaban J connectivity index is 2.61. The van der Waals surface area contributed by atoms with Gasteiger partial charge in [0.05, 0.1) is 5.69 Å². The number of alkyl halides is 3. The second-order valence-corrected chi connectivity index (χ2v) is 3.60. The molecule has 2 nitrogen and oxygen atoms in total. The Kier molecular flexibility index (Phi) is 2.73. The molecule has 0 amide bonds. The summed E-state index contributed by atoms with van der Waals surface area (Å²) in [6, 6.07) is 8.62. The zero-order chi connectivity index (χ0) is 12.6. The molecule has 0 aliphatic rings. The van der Waals surface area contributed by atoms with E-state index in [1.165, 1.54) is 7.05 Å². The van der Waals surface area contributed by atoms with E-state index in [2.05, 4.69) is 5.10 Å². The maximum Gasteiger partial charge on any atom is 0.434 e. The molecule has 1 aromatic heterocycles. The van der Waals surface area contributed by atoms with Gasteiger partial charge >= 0.3 is 6.18 Å². The lowest BCUT2D eigenvalue weighted by atomic mass is 9.90. The van der Waals surface area contributed by atoms with E-state index in [-0.39, 0.29) is 11.2 Å². The minimum Gasteiger partial charge on any atom is -0.268 e. The van der Waals surface area contributed by atoms with Crippen LogP contribution in [0.1, 0.15) is 5.69 Å². The van der Waals surface area contributed by atoms with Crippen LogP contribution < -0.4 is 5.46 Å². The Morgan fingerprint density at radius 3 is 2.24 bits per heavy atom. The molecule has 1 aromatic carbocycles. The smallest absolute Gasteiger partial charge is 0.268 e. The van der Waals surface area contributed by atoms with Gasteiger partial charge in [0, 0.05) is 7.05 Å². The molecule has 0 N–H and O–H groups in total. The van der Waals surface area contributed by atoms with Crippen LogP contribution in [-0.2, 0) is 13.2 Å². The molecule has 0 unspecified atom stereocenters. The van der Waals surface area contributed by atoms with Gasteiger partial charge in [-0.1, -0.05) is 30.3 Å². The number of aromatic nitrogens is 2. The highest BCUT2D eigenvalue weighted by molar-refractivity contribution is 6.36. The largest absolute Gasteiger partial charge is 0.434 e. The minimum absolute atomic E-state index is 0.276. The van der Waals surface area contributed by atoms with Gasteiger partial charge < -0.3 is 0 Å². The van der Waals surface area contributed by atoms with Crippen LogP contribution >= 0.6 is 0 Å². The number of halogens is 3. The fourth-order valence-corrected chi connectivity index (χ4v) is 1.69. The highest BCUT2D eigenvalue weighted by Crippen LogP contribution is 2.29. The van der Waals surface area contributed by atoms with Gasteiger partial charge in [-0.3, -0.25) is 4.68 Å². The van der Waals surface area contributed by atoms with Gasteiger partial charge in [-0.2, -0.15) is 18.3 Å². The van der Waals surface area contributed by atoms with Crippen molar-refractivity contribution in [3.05, 3.63) is 36.0 Å². The summed E-state index contributed by atoms with van der Waals surface area (Å²) in [5, 5.41) is 3.42. The van der Waals surface area contributed by atoms with Crippen LogP contribution in [0.15, 0.2) is 30.3 Å². The number of hydrogen-bond acceptors (Lipinski definition) is 1. The first-order valence-electron chi connectivity index (χ1n) is 4.86. The first-order chi connectivity index (χ1) is 7.91. The average Bonchev–Trinajstić information content (AvgIpc) is 2.55. The van der Waals surface area contributed by atoms with Crippen molar-refractivity contribution in [3.8, 4) is 11.3 Å². The topological polar surface area (TPSA) is 17.8 Å². The van der Waals surface area contributed by atoms with E-state index in [1.807, 2.05) is 0 Å². The van der Waals surface area contributed by atoms with Gasteiger partial charge in [0.1, 0.15) is 7.85 Å². The molecule has 0 saturated heterocycles. The van der Waals surface area contributed by atoms with Crippen molar-refractivity contribution in [2.75, 3.05) is 0 Å². The first kappa shape index (κ1) is 11.8. The molecule has 2 aromatic rings. The van der Waals surface area contributed by atoms with Crippen molar-refractivity contribution in [3.63, 3.8) is 0 Å².